The van der Waals surface area contributed by atoms with Gasteiger partial charge in [-0.05, 0) is 38.3 Å². The second-order valence-corrected chi connectivity index (χ2v) is 17.2. The van der Waals surface area contributed by atoms with E-state index >= 15 is 0 Å². The molecule has 0 aromatic carbocycles. The minimum Gasteiger partial charge on any atom is -0.377 e. The highest BCUT2D eigenvalue weighted by atomic mass is 16.5. The van der Waals surface area contributed by atoms with Crippen molar-refractivity contribution in [1.82, 2.24) is 51.5 Å². The van der Waals surface area contributed by atoms with Gasteiger partial charge in [0.2, 0.25) is 23.6 Å². The van der Waals surface area contributed by atoms with Gasteiger partial charge in [-0.1, -0.05) is 55.4 Å². The molecule has 0 aliphatic rings. The van der Waals surface area contributed by atoms with E-state index in [4.69, 9.17) is 19.2 Å². The second-order valence-electron chi connectivity index (χ2n) is 17.2. The summed E-state index contributed by atoms with van der Waals surface area (Å²) in [5.74, 6) is -0.706. The van der Waals surface area contributed by atoms with Crippen LogP contribution >= 0.6 is 0 Å². The largest absolute Gasteiger partial charge is 0.377 e. The molecule has 18 nitrogen and oxygen atoms in total. The second kappa shape index (κ2) is 23.5. The average Bonchev–Trinajstić information content (AvgIpc) is 3.20. The lowest BCUT2D eigenvalue weighted by molar-refractivity contribution is -0.134. The number of nitrogens with zero attached hydrogens (tertiary/aromatic N) is 5. The van der Waals surface area contributed by atoms with Gasteiger partial charge < -0.3 is 40.8 Å². The van der Waals surface area contributed by atoms with E-state index in [-0.39, 0.29) is 74.7 Å². The summed E-state index contributed by atoms with van der Waals surface area (Å²) in [6, 6.07) is 0.716. The van der Waals surface area contributed by atoms with Crippen molar-refractivity contribution in [2.24, 2.45) is 5.41 Å². The zero-order chi connectivity index (χ0) is 45.3. The predicted octanol–water partition coefficient (Wildman–Crippen LogP) is 2.87. The Morgan fingerprint density at radius 3 is 1.59 bits per heavy atom. The van der Waals surface area contributed by atoms with Crippen molar-refractivity contribution >= 4 is 29.5 Å². The highest BCUT2D eigenvalue weighted by Gasteiger charge is 2.25. The third-order valence-corrected chi connectivity index (χ3v) is 8.77. The fourth-order valence-electron chi connectivity index (χ4n) is 5.18. The molecule has 0 fully saturated rings. The van der Waals surface area contributed by atoms with Gasteiger partial charge in [0, 0.05) is 65.9 Å². The van der Waals surface area contributed by atoms with Crippen LogP contribution in [0.3, 0.4) is 0 Å². The van der Waals surface area contributed by atoms with Crippen molar-refractivity contribution in [2.45, 2.75) is 106 Å². The maximum atomic E-state index is 13.3. The number of ether oxygens (including phenoxy) is 3. The van der Waals surface area contributed by atoms with Crippen LogP contribution in [0.4, 0.5) is 0 Å². The van der Waals surface area contributed by atoms with Crippen LogP contribution in [0.15, 0.2) is 36.9 Å². The van der Waals surface area contributed by atoms with Crippen molar-refractivity contribution < 1.29 is 38.2 Å². The third-order valence-electron chi connectivity index (χ3n) is 8.77. The van der Waals surface area contributed by atoms with Gasteiger partial charge >= 0.3 is 0 Å². The number of hydrogen-bond donors (Lipinski definition) is 5. The van der Waals surface area contributed by atoms with Crippen LogP contribution in [0.25, 0.3) is 22.5 Å². The number of carbonyl (C=O) groups is 5. The van der Waals surface area contributed by atoms with Crippen molar-refractivity contribution in [1.29, 1.82) is 0 Å². The molecule has 5 amide bonds. The number of hydrogen-bond acceptors (Lipinski definition) is 13. The molecule has 3 heterocycles. The molecule has 3 aromatic rings. The lowest BCUT2D eigenvalue weighted by Gasteiger charge is -2.22. The van der Waals surface area contributed by atoms with Gasteiger partial charge in [0.15, 0.2) is 0 Å². The first kappa shape index (κ1) is 49.9. The summed E-state index contributed by atoms with van der Waals surface area (Å²) in [5, 5.41) is 13.3. The van der Waals surface area contributed by atoms with Gasteiger partial charge in [-0.15, -0.1) is 0 Å². The zero-order valence-corrected chi connectivity index (χ0v) is 37.4. The van der Waals surface area contributed by atoms with Gasteiger partial charge in [0.25, 0.3) is 5.91 Å². The molecule has 0 unspecified atom stereocenters. The maximum absolute atomic E-state index is 13.3. The molecular weight excluding hydrogens is 785 g/mol. The topological polar surface area (TPSA) is 238 Å². The average molecular weight is 849 g/mol. The summed E-state index contributed by atoms with van der Waals surface area (Å²) in [6.07, 6.45) is 6.81. The number of amides is 5. The first-order valence-corrected chi connectivity index (χ1v) is 20.5. The maximum Gasteiger partial charge on any atom is 0.251 e. The molecule has 18 heteroatoms. The number of nitrogens with one attached hydrogen (secondary N) is 5. The van der Waals surface area contributed by atoms with E-state index in [2.05, 4.69) is 46.5 Å². The third kappa shape index (κ3) is 17.6. The van der Waals surface area contributed by atoms with E-state index in [9.17, 15) is 24.0 Å². The molecule has 0 bridgehead atoms. The van der Waals surface area contributed by atoms with Crippen LogP contribution in [0.2, 0.25) is 0 Å². The fourth-order valence-corrected chi connectivity index (χ4v) is 5.18. The summed E-state index contributed by atoms with van der Waals surface area (Å²) in [4.78, 5) is 85.7. The van der Waals surface area contributed by atoms with Crippen LogP contribution in [-0.4, -0.2) is 125 Å². The van der Waals surface area contributed by atoms with E-state index in [1.54, 1.807) is 43.8 Å². The number of rotatable bonds is 22. The monoisotopic (exact) mass is 848 g/mol. The van der Waals surface area contributed by atoms with E-state index in [0.717, 1.165) is 0 Å². The Balaban J connectivity index is 1.34. The lowest BCUT2D eigenvalue weighted by atomic mass is 9.95. The molecule has 0 radical (unpaired) electrons. The molecule has 61 heavy (non-hydrogen) atoms. The highest BCUT2D eigenvalue weighted by Crippen LogP contribution is 2.26. The molecule has 334 valence electrons. The van der Waals surface area contributed by atoms with Crippen LogP contribution in [-0.2, 0) is 38.8 Å². The molecule has 3 rings (SSSR count). The number of carbonyl (C=O) groups excluding carboxylic acids is 5. The zero-order valence-electron chi connectivity index (χ0n) is 37.4. The van der Waals surface area contributed by atoms with Gasteiger partial charge in [-0.25, -0.2) is 24.9 Å². The highest BCUT2D eigenvalue weighted by molar-refractivity contribution is 5.96. The predicted molar refractivity (Wildman–Crippen MR) is 229 cm³/mol. The number of pyridine rings is 1. The quantitative estimate of drug-likeness (QED) is 0.0916. The summed E-state index contributed by atoms with van der Waals surface area (Å²) >= 11 is 0. The lowest BCUT2D eigenvalue weighted by Crippen LogP contribution is -2.55. The summed E-state index contributed by atoms with van der Waals surface area (Å²) in [5.41, 5.74) is 2.45. The van der Waals surface area contributed by atoms with Crippen molar-refractivity contribution in [2.75, 3.05) is 52.7 Å². The molecule has 0 spiro atoms. The first-order valence-electron chi connectivity index (χ1n) is 20.5. The van der Waals surface area contributed by atoms with Crippen LogP contribution in [0.5, 0.6) is 0 Å². The molecule has 0 aliphatic heterocycles. The van der Waals surface area contributed by atoms with Crippen LogP contribution in [0.1, 0.15) is 104 Å². The minimum absolute atomic E-state index is 0.112. The Kier molecular flexibility index (Phi) is 19.2. The normalized spacial score (nSPS) is 13.2. The van der Waals surface area contributed by atoms with E-state index in [1.807, 2.05) is 55.4 Å². The van der Waals surface area contributed by atoms with Gasteiger partial charge in [-0.2, -0.15) is 0 Å². The Morgan fingerprint density at radius 1 is 0.607 bits per heavy atom. The molecule has 0 aliphatic carbocycles. The van der Waals surface area contributed by atoms with E-state index in [0.29, 0.717) is 46.3 Å². The van der Waals surface area contributed by atoms with E-state index < -0.39 is 35.8 Å². The summed E-state index contributed by atoms with van der Waals surface area (Å²) < 4.78 is 16.5. The van der Waals surface area contributed by atoms with Gasteiger partial charge in [-0.3, -0.25) is 24.0 Å². The van der Waals surface area contributed by atoms with Crippen molar-refractivity contribution in [3.63, 3.8) is 0 Å². The minimum atomic E-state index is -0.941. The Hall–Kier alpha value is -5.46. The van der Waals surface area contributed by atoms with Gasteiger partial charge in [0.1, 0.15) is 36.4 Å². The van der Waals surface area contributed by atoms with Gasteiger partial charge in [0.05, 0.1) is 44.4 Å². The summed E-state index contributed by atoms with van der Waals surface area (Å²) in [6.45, 7) is 22.1. The van der Waals surface area contributed by atoms with Crippen molar-refractivity contribution in [3.8, 4) is 22.5 Å². The summed E-state index contributed by atoms with van der Waals surface area (Å²) in [7, 11) is 0. The number of aromatic nitrogens is 5. The smallest absolute Gasteiger partial charge is 0.251 e. The Bertz CT molecular complexity index is 1910. The van der Waals surface area contributed by atoms with Crippen LogP contribution < -0.4 is 26.6 Å². The SMILES string of the molecule is CC(C)c1ncc(-c2cc(C(=O)NCCOCCOCCOCC(=O)N[C@@H](C)C(=O)N[C@@H](C)C(=O)N[C@@H](C)C(=O)NCC(C)(C)C)cc(-c3cnc(C(C)(C)C)nc3)n2)cn1. The molecular formula is C43H64N10O8. The standard InChI is InChI=1S/C43H64N10O8/c1-26(2)36-45-20-31(21-46-36)33-18-30(19-34(53-33)32-22-47-41(48-23-32)43(9,10)11)40(58)44-12-13-59-14-15-60-16-17-61-24-35(54)50-28(4)38(56)52-29(5)39(57)51-27(3)37(55)49-25-42(6,7)8/h18-23,26-29H,12-17,24-25H2,1-11H3,(H,44,58)(H,49,55)(H,50,54)(H,51,57)(H,52,56)/t27-,28-,29-/m0/s1. The first-order chi connectivity index (χ1) is 28.6. The Morgan fingerprint density at radius 2 is 1.08 bits per heavy atom. The van der Waals surface area contributed by atoms with Crippen LogP contribution in [0, 0.1) is 5.41 Å². The molecule has 5 N–H and O–H groups in total. The molecule has 3 atom stereocenters. The molecule has 0 saturated carbocycles. The fraction of sp³-hybridized carbons (Fsp3) is 0.581. The Labute approximate surface area is 358 Å². The van der Waals surface area contributed by atoms with Crippen molar-refractivity contribution in [3.05, 3.63) is 54.1 Å². The molecule has 0 saturated heterocycles. The molecule has 3 aromatic heterocycles. The van der Waals surface area contributed by atoms with E-state index in [1.165, 1.54) is 13.8 Å².